The Bertz CT molecular complexity index is 1180. The molecule has 34 heavy (non-hydrogen) atoms. The number of aromatic nitrogens is 2. The van der Waals surface area contributed by atoms with Crippen molar-refractivity contribution in [2.24, 2.45) is 5.92 Å². The van der Waals surface area contributed by atoms with Gasteiger partial charge in [-0.3, -0.25) is 9.69 Å². The molecule has 2 fully saturated rings. The zero-order chi connectivity index (χ0) is 23.3. The van der Waals surface area contributed by atoms with Crippen LogP contribution in [-0.4, -0.2) is 77.3 Å². The van der Waals surface area contributed by atoms with E-state index >= 15 is 0 Å². The van der Waals surface area contributed by atoms with Gasteiger partial charge in [0.2, 0.25) is 5.91 Å². The van der Waals surface area contributed by atoms with Crippen molar-refractivity contribution in [3.8, 4) is 5.75 Å². The van der Waals surface area contributed by atoms with E-state index < -0.39 is 0 Å². The number of benzene rings is 1. The summed E-state index contributed by atoms with van der Waals surface area (Å²) in [6, 6.07) is 5.73. The van der Waals surface area contributed by atoms with Crippen LogP contribution in [0.1, 0.15) is 35.1 Å². The number of rotatable bonds is 5. The fourth-order valence-electron chi connectivity index (χ4n) is 6.12. The second-order valence-corrected chi connectivity index (χ2v) is 10.7. The number of nitrogens with one attached hydrogen (secondary N) is 1. The Hall–Kier alpha value is -2.46. The number of likely N-dealkylation sites (tertiary alicyclic amines) is 1. The summed E-state index contributed by atoms with van der Waals surface area (Å²) in [5, 5.41) is 14.8. The molecule has 0 radical (unpaired) electrons. The molecule has 0 saturated carbocycles. The number of aliphatic hydroxyl groups excluding tert-OH is 1. The molecule has 0 bridgehead atoms. The Morgan fingerprint density at radius 1 is 1.32 bits per heavy atom. The van der Waals surface area contributed by atoms with Gasteiger partial charge in [0, 0.05) is 78.4 Å². The summed E-state index contributed by atoms with van der Waals surface area (Å²) in [7, 11) is 1.67. The van der Waals surface area contributed by atoms with E-state index in [0.717, 1.165) is 59.8 Å². The molecule has 180 valence electrons. The monoisotopic (exact) mass is 482 g/mol. The van der Waals surface area contributed by atoms with Crippen LogP contribution in [0.5, 0.6) is 5.75 Å². The molecule has 3 aromatic rings. The van der Waals surface area contributed by atoms with E-state index in [9.17, 15) is 9.90 Å². The second-order valence-electron chi connectivity index (χ2n) is 9.73. The second kappa shape index (κ2) is 8.64. The first kappa shape index (κ1) is 22.0. The van der Waals surface area contributed by atoms with Crippen LogP contribution in [0.2, 0.25) is 0 Å². The largest absolute Gasteiger partial charge is 0.497 e. The maximum Gasteiger partial charge on any atom is 0.226 e. The van der Waals surface area contributed by atoms with Crippen LogP contribution in [-0.2, 0) is 21.5 Å². The standard InChI is InChI=1S/C25H30N4O4S/c1-32-17-2-3-18-19(10-17)27-23-20(12-30)29(24(31)16-4-7-33-8-5-16)15-25(22(18)23)13-28(14-25)11-21-26-6-9-34-21/h2-3,6,9-10,16,20,27,30H,4-5,7-8,11-15H2,1H3/t20-/m0/s1. The summed E-state index contributed by atoms with van der Waals surface area (Å²) in [5.41, 5.74) is 3.02. The van der Waals surface area contributed by atoms with Gasteiger partial charge in [-0.25, -0.2) is 4.98 Å². The van der Waals surface area contributed by atoms with Crippen molar-refractivity contribution < 1.29 is 19.4 Å². The van der Waals surface area contributed by atoms with Crippen molar-refractivity contribution in [2.45, 2.75) is 30.8 Å². The molecule has 3 aliphatic heterocycles. The summed E-state index contributed by atoms with van der Waals surface area (Å²) in [6.45, 7) is 4.29. The van der Waals surface area contributed by atoms with Gasteiger partial charge in [0.15, 0.2) is 0 Å². The Labute approximate surface area is 202 Å². The maximum atomic E-state index is 13.7. The molecular formula is C25H30N4O4S. The molecule has 8 nitrogen and oxygen atoms in total. The number of carbonyl (C=O) groups excluding carboxylic acids is 1. The van der Waals surface area contributed by atoms with Gasteiger partial charge in [-0.2, -0.15) is 0 Å². The molecule has 3 aliphatic rings. The predicted molar refractivity (Wildman–Crippen MR) is 129 cm³/mol. The van der Waals surface area contributed by atoms with Gasteiger partial charge >= 0.3 is 0 Å². The topological polar surface area (TPSA) is 90.9 Å². The third-order valence-electron chi connectivity index (χ3n) is 7.67. The summed E-state index contributed by atoms with van der Waals surface area (Å²) in [6.07, 6.45) is 3.34. The van der Waals surface area contributed by atoms with Crippen LogP contribution >= 0.6 is 11.3 Å². The summed E-state index contributed by atoms with van der Waals surface area (Å²) < 4.78 is 11.0. The smallest absolute Gasteiger partial charge is 0.226 e. The summed E-state index contributed by atoms with van der Waals surface area (Å²) in [5.74, 6) is 0.884. The summed E-state index contributed by atoms with van der Waals surface area (Å²) >= 11 is 1.68. The first-order valence-corrected chi connectivity index (χ1v) is 12.8. The minimum Gasteiger partial charge on any atom is -0.497 e. The number of fused-ring (bicyclic) bond motifs is 4. The third-order valence-corrected chi connectivity index (χ3v) is 8.43. The number of aromatic amines is 1. The molecule has 6 rings (SSSR count). The first-order chi connectivity index (χ1) is 16.6. The van der Waals surface area contributed by atoms with Crippen molar-refractivity contribution in [3.05, 3.63) is 46.0 Å². The highest BCUT2D eigenvalue weighted by Crippen LogP contribution is 2.49. The number of aliphatic hydroxyl groups is 1. The van der Waals surface area contributed by atoms with Crippen LogP contribution in [0.3, 0.4) is 0 Å². The quantitative estimate of drug-likeness (QED) is 0.581. The normalized spacial score (nSPS) is 22.6. The molecule has 2 saturated heterocycles. The van der Waals surface area contributed by atoms with Gasteiger partial charge in [0.05, 0.1) is 26.3 Å². The number of methoxy groups -OCH3 is 1. The van der Waals surface area contributed by atoms with E-state index in [1.165, 1.54) is 5.56 Å². The summed E-state index contributed by atoms with van der Waals surface area (Å²) in [4.78, 5) is 26.1. The van der Waals surface area contributed by atoms with Crippen molar-refractivity contribution in [1.82, 2.24) is 19.8 Å². The van der Waals surface area contributed by atoms with Gasteiger partial charge in [-0.05, 0) is 30.5 Å². The fraction of sp³-hybridized carbons (Fsp3) is 0.520. The minimum atomic E-state index is -0.373. The molecule has 1 amide bonds. The van der Waals surface area contributed by atoms with Crippen molar-refractivity contribution >= 4 is 28.1 Å². The van der Waals surface area contributed by atoms with Gasteiger partial charge < -0.3 is 24.5 Å². The van der Waals surface area contributed by atoms with Crippen LogP contribution < -0.4 is 4.74 Å². The molecule has 1 atom stereocenters. The van der Waals surface area contributed by atoms with Crippen LogP contribution in [0.15, 0.2) is 29.8 Å². The SMILES string of the molecule is COc1ccc2c3c([nH]c2c1)[C@H](CO)N(C(=O)C1CCOCC1)CC31CN(Cc2nccs2)C1. The van der Waals surface area contributed by atoms with E-state index in [2.05, 4.69) is 20.9 Å². The van der Waals surface area contributed by atoms with E-state index in [1.54, 1.807) is 18.4 Å². The molecular weight excluding hydrogens is 452 g/mol. The van der Waals surface area contributed by atoms with Crippen molar-refractivity contribution in [2.75, 3.05) is 46.6 Å². The zero-order valence-corrected chi connectivity index (χ0v) is 20.1. The van der Waals surface area contributed by atoms with E-state index in [1.807, 2.05) is 28.6 Å². The van der Waals surface area contributed by atoms with E-state index in [-0.39, 0.29) is 29.9 Å². The first-order valence-electron chi connectivity index (χ1n) is 11.9. The highest BCUT2D eigenvalue weighted by molar-refractivity contribution is 7.09. The third kappa shape index (κ3) is 3.53. The minimum absolute atomic E-state index is 0.0441. The molecule has 1 aromatic carbocycles. The van der Waals surface area contributed by atoms with E-state index in [4.69, 9.17) is 9.47 Å². The number of hydrogen-bond donors (Lipinski definition) is 2. The Morgan fingerprint density at radius 2 is 2.15 bits per heavy atom. The molecule has 0 unspecified atom stereocenters. The molecule has 5 heterocycles. The van der Waals surface area contributed by atoms with Crippen molar-refractivity contribution in [1.29, 1.82) is 0 Å². The average Bonchev–Trinajstić information content (AvgIpc) is 3.50. The number of nitrogens with zero attached hydrogens (tertiary/aromatic N) is 3. The van der Waals surface area contributed by atoms with Gasteiger partial charge in [0.1, 0.15) is 10.8 Å². The molecule has 2 aromatic heterocycles. The fourth-order valence-corrected chi connectivity index (χ4v) is 6.78. The number of ether oxygens (including phenoxy) is 2. The number of H-pyrrole nitrogens is 1. The predicted octanol–water partition coefficient (Wildman–Crippen LogP) is 2.69. The lowest BCUT2D eigenvalue weighted by molar-refractivity contribution is -0.146. The molecule has 2 N–H and O–H groups in total. The lowest BCUT2D eigenvalue weighted by Crippen LogP contribution is -2.67. The molecule has 9 heteroatoms. The van der Waals surface area contributed by atoms with Gasteiger partial charge in [-0.1, -0.05) is 0 Å². The van der Waals surface area contributed by atoms with Crippen LogP contribution in [0.4, 0.5) is 0 Å². The number of thiazole rings is 1. The Balaban J connectivity index is 1.40. The molecule has 0 aliphatic carbocycles. The lowest BCUT2D eigenvalue weighted by atomic mass is 9.68. The number of hydrogen-bond acceptors (Lipinski definition) is 7. The highest BCUT2D eigenvalue weighted by atomic mass is 32.1. The lowest BCUT2D eigenvalue weighted by Gasteiger charge is -2.56. The zero-order valence-electron chi connectivity index (χ0n) is 19.3. The average molecular weight is 483 g/mol. The maximum absolute atomic E-state index is 13.7. The number of amides is 1. The highest BCUT2D eigenvalue weighted by Gasteiger charge is 2.54. The van der Waals surface area contributed by atoms with Crippen LogP contribution in [0.25, 0.3) is 10.9 Å². The van der Waals surface area contributed by atoms with Crippen LogP contribution in [0, 0.1) is 5.92 Å². The van der Waals surface area contributed by atoms with Gasteiger partial charge in [-0.15, -0.1) is 11.3 Å². The van der Waals surface area contributed by atoms with Gasteiger partial charge in [0.25, 0.3) is 0 Å². The number of carbonyl (C=O) groups is 1. The van der Waals surface area contributed by atoms with Crippen molar-refractivity contribution in [3.63, 3.8) is 0 Å². The Kier molecular flexibility index (Phi) is 5.60. The molecule has 1 spiro atoms. The van der Waals surface area contributed by atoms with E-state index in [0.29, 0.717) is 19.8 Å². The Morgan fingerprint density at radius 3 is 2.85 bits per heavy atom.